The molecule has 10 aromatic carbocycles. The lowest BCUT2D eigenvalue weighted by Crippen LogP contribution is -2.45. The zero-order chi connectivity index (χ0) is 39.1. The van der Waals surface area contributed by atoms with Gasteiger partial charge in [0.15, 0.2) is 0 Å². The number of para-hydroxylation sites is 2. The maximum absolute atomic E-state index is 7.28. The van der Waals surface area contributed by atoms with Crippen LogP contribution >= 0.6 is 0 Å². The van der Waals surface area contributed by atoms with Crippen LogP contribution in [0.15, 0.2) is 206 Å². The first kappa shape index (κ1) is 34.8. The Balaban J connectivity index is 1.25. The Morgan fingerprint density at radius 1 is 0.373 bits per heavy atom. The van der Waals surface area contributed by atoms with Crippen molar-refractivity contribution in [3.8, 4) is 56.4 Å². The molecule has 0 unspecified atom stereocenters. The van der Waals surface area contributed by atoms with Crippen LogP contribution in [0.3, 0.4) is 0 Å². The van der Waals surface area contributed by atoms with Gasteiger partial charge in [0.25, 0.3) is 0 Å². The Morgan fingerprint density at radius 2 is 0.746 bits per heavy atom. The Bertz CT molecular complexity index is 2930. The first-order valence-electron chi connectivity index (χ1n) is 19.8. The van der Waals surface area contributed by atoms with Gasteiger partial charge in [-0.2, -0.15) is 0 Å². The summed E-state index contributed by atoms with van der Waals surface area (Å²) < 4.78 is 34.2. The Morgan fingerprint density at radius 3 is 1.19 bits per heavy atom. The van der Waals surface area contributed by atoms with E-state index in [1.54, 1.807) is 0 Å². The third kappa shape index (κ3) is 6.38. The average molecular weight is 760 g/mol. The van der Waals surface area contributed by atoms with Crippen molar-refractivity contribution in [1.82, 2.24) is 0 Å². The van der Waals surface area contributed by atoms with E-state index in [0.717, 1.165) is 76.5 Å². The predicted octanol–water partition coefficient (Wildman–Crippen LogP) is 13.2. The number of fused-ring (bicyclic) bond motifs is 11. The molecule has 7 heteroatoms. The van der Waals surface area contributed by atoms with E-state index in [1.807, 2.05) is 72.8 Å². The molecular formula is C52H34B2O5. The van der Waals surface area contributed by atoms with Crippen LogP contribution in [0, 0.1) is 0 Å². The van der Waals surface area contributed by atoms with Gasteiger partial charge < -0.3 is 23.2 Å². The van der Waals surface area contributed by atoms with E-state index in [-0.39, 0.29) is 0 Å². The summed E-state index contributed by atoms with van der Waals surface area (Å²) in [7, 11) is -2.61. The zero-order valence-corrected chi connectivity index (χ0v) is 31.8. The van der Waals surface area contributed by atoms with E-state index < -0.39 is 14.6 Å². The highest BCUT2D eigenvalue weighted by Crippen LogP contribution is 2.56. The average Bonchev–Trinajstić information content (AvgIpc) is 3.46. The normalized spacial score (nSPS) is 12.0. The van der Waals surface area contributed by atoms with E-state index in [2.05, 4.69) is 133 Å². The summed E-state index contributed by atoms with van der Waals surface area (Å²) >= 11 is 0. The second-order valence-electron chi connectivity index (χ2n) is 14.6. The molecule has 0 aromatic heterocycles. The van der Waals surface area contributed by atoms with Crippen LogP contribution < -0.4 is 18.6 Å². The summed E-state index contributed by atoms with van der Waals surface area (Å²) in [6.45, 7) is 0. The van der Waals surface area contributed by atoms with Crippen LogP contribution in [0.4, 0.5) is 0 Å². The van der Waals surface area contributed by atoms with Crippen molar-refractivity contribution in [2.24, 2.45) is 0 Å². The maximum Gasteiger partial charge on any atom is 0.777 e. The minimum atomic E-state index is -1.34. The van der Waals surface area contributed by atoms with Crippen molar-refractivity contribution >= 4 is 57.7 Å². The molecule has 0 atom stereocenters. The van der Waals surface area contributed by atoms with Gasteiger partial charge in [-0.15, -0.1) is 0 Å². The summed E-state index contributed by atoms with van der Waals surface area (Å²) in [5.41, 5.74) is 5.90. The zero-order valence-electron chi connectivity index (χ0n) is 31.8. The number of hydrogen-bond donors (Lipinski definition) is 0. The van der Waals surface area contributed by atoms with Gasteiger partial charge in [-0.3, -0.25) is 0 Å². The van der Waals surface area contributed by atoms with E-state index in [1.165, 1.54) is 0 Å². The summed E-state index contributed by atoms with van der Waals surface area (Å²) in [4.78, 5) is 0. The van der Waals surface area contributed by atoms with Crippen molar-refractivity contribution in [2.75, 3.05) is 0 Å². The third-order valence-corrected chi connectivity index (χ3v) is 11.0. The lowest BCUT2D eigenvalue weighted by molar-refractivity contribution is 0.240. The van der Waals surface area contributed by atoms with Gasteiger partial charge in [-0.05, 0) is 91.0 Å². The maximum atomic E-state index is 7.28. The molecule has 278 valence electrons. The van der Waals surface area contributed by atoms with Crippen molar-refractivity contribution < 1.29 is 23.2 Å². The van der Waals surface area contributed by atoms with Gasteiger partial charge >= 0.3 is 14.6 Å². The second-order valence-corrected chi connectivity index (χ2v) is 14.6. The summed E-state index contributed by atoms with van der Waals surface area (Å²) in [5.74, 6) is 2.40. The molecule has 0 N–H and O–H groups in total. The smallest absolute Gasteiger partial charge is 0.502 e. The van der Waals surface area contributed by atoms with Gasteiger partial charge in [0, 0.05) is 21.9 Å². The number of hydrogen-bond acceptors (Lipinski definition) is 5. The lowest BCUT2D eigenvalue weighted by atomic mass is 9.83. The van der Waals surface area contributed by atoms with Gasteiger partial charge in [0.05, 0.1) is 0 Å². The molecule has 1 heterocycles. The van der Waals surface area contributed by atoms with Crippen LogP contribution in [0.2, 0.25) is 0 Å². The van der Waals surface area contributed by atoms with Gasteiger partial charge in [-0.25, -0.2) is 0 Å². The fraction of sp³-hybridized carbons (Fsp3) is 0. The molecule has 0 bridgehead atoms. The van der Waals surface area contributed by atoms with Crippen LogP contribution in [0.25, 0.3) is 76.5 Å². The predicted molar refractivity (Wildman–Crippen MR) is 241 cm³/mol. The summed E-state index contributed by atoms with van der Waals surface area (Å²) in [5, 5.41) is 8.22. The molecule has 0 saturated heterocycles. The molecule has 0 amide bonds. The van der Waals surface area contributed by atoms with Crippen molar-refractivity contribution in [3.05, 3.63) is 206 Å². The topological polar surface area (TPSA) is 46.2 Å². The summed E-state index contributed by atoms with van der Waals surface area (Å²) in [6.07, 6.45) is 0. The van der Waals surface area contributed by atoms with E-state index in [4.69, 9.17) is 23.2 Å². The lowest BCUT2D eigenvalue weighted by Gasteiger charge is -2.22. The Kier molecular flexibility index (Phi) is 8.72. The van der Waals surface area contributed by atoms with E-state index in [9.17, 15) is 0 Å². The van der Waals surface area contributed by atoms with Crippen molar-refractivity contribution in [1.29, 1.82) is 0 Å². The Labute approximate surface area is 342 Å². The summed E-state index contributed by atoms with van der Waals surface area (Å²) in [6, 6.07) is 70.0. The standard InChI is InChI=1S/C52H34B2O5/c1-5-17-35(18-6-1)45-33-39-31-29-37-21-13-15-27-43(37)47(39)51-49(45)50-46(36-19-7-2-8-20-36)34-40-32-30-38-22-14-16-28-44(38)48(40)52(50)58-54(57-51)59-53(55-41-23-9-3-10-24-41)56-42-25-11-4-12-26-42/h1-34H. The quantitative estimate of drug-likeness (QED) is 0.114. The van der Waals surface area contributed by atoms with Crippen LogP contribution in [-0.2, 0) is 4.57 Å². The molecule has 10 aromatic rings. The molecule has 0 saturated carbocycles. The van der Waals surface area contributed by atoms with Gasteiger partial charge in [0.1, 0.15) is 23.0 Å². The molecule has 0 spiro atoms. The molecular weight excluding hydrogens is 726 g/mol. The van der Waals surface area contributed by atoms with E-state index in [0.29, 0.717) is 23.0 Å². The highest BCUT2D eigenvalue weighted by molar-refractivity contribution is 6.54. The van der Waals surface area contributed by atoms with Crippen LogP contribution in [0.1, 0.15) is 0 Å². The molecule has 5 nitrogen and oxygen atoms in total. The second kappa shape index (κ2) is 14.8. The van der Waals surface area contributed by atoms with E-state index >= 15 is 0 Å². The first-order chi connectivity index (χ1) is 29.2. The molecule has 59 heavy (non-hydrogen) atoms. The molecule has 1 aliphatic rings. The minimum Gasteiger partial charge on any atom is -0.502 e. The van der Waals surface area contributed by atoms with Gasteiger partial charge in [0.2, 0.25) is 0 Å². The number of rotatable bonds is 8. The number of benzene rings is 10. The highest BCUT2D eigenvalue weighted by atomic mass is 16.8. The fourth-order valence-corrected chi connectivity index (χ4v) is 8.36. The highest BCUT2D eigenvalue weighted by Gasteiger charge is 2.44. The van der Waals surface area contributed by atoms with Crippen LogP contribution in [0.5, 0.6) is 23.0 Å². The molecule has 1 aliphatic heterocycles. The first-order valence-corrected chi connectivity index (χ1v) is 19.8. The fourth-order valence-electron chi connectivity index (χ4n) is 8.36. The molecule has 0 radical (unpaired) electrons. The minimum absolute atomic E-state index is 0.563. The molecule has 11 rings (SSSR count). The Hall–Kier alpha value is -7.47. The van der Waals surface area contributed by atoms with Crippen molar-refractivity contribution in [2.45, 2.75) is 0 Å². The monoisotopic (exact) mass is 760 g/mol. The third-order valence-electron chi connectivity index (χ3n) is 11.0. The van der Waals surface area contributed by atoms with Crippen LogP contribution in [-0.4, -0.2) is 14.6 Å². The molecule has 0 aliphatic carbocycles. The van der Waals surface area contributed by atoms with Gasteiger partial charge in [-0.1, -0.05) is 170 Å². The van der Waals surface area contributed by atoms with Crippen molar-refractivity contribution in [3.63, 3.8) is 0 Å². The molecule has 0 fully saturated rings. The largest absolute Gasteiger partial charge is 0.777 e. The SMILES string of the molecule is c1ccc(OB(OB2Oc3c(c(-c4ccccc4)cc4ccc5ccccc5c34)-c3c(-c4ccccc4)cc4ccc5ccccc5c4c3O2)Oc2ccccc2)cc1.